The first-order chi connectivity index (χ1) is 11.7. The molecular weight excluding hydrogens is 308 g/mol. The summed E-state index contributed by atoms with van der Waals surface area (Å²) in [4.78, 5) is 15.5. The van der Waals surface area contributed by atoms with Gasteiger partial charge in [-0.2, -0.15) is 0 Å². The molecule has 1 aromatic heterocycles. The molecule has 0 unspecified atom stereocenters. The highest BCUT2D eigenvalue weighted by Gasteiger charge is 2.19. The third-order valence-corrected chi connectivity index (χ3v) is 3.70. The predicted molar refractivity (Wildman–Crippen MR) is 92.3 cm³/mol. The molecule has 6 nitrogen and oxygen atoms in total. The third-order valence-electron chi connectivity index (χ3n) is 3.70. The number of aromatic nitrogens is 1. The van der Waals surface area contributed by atoms with Gasteiger partial charge in [-0.1, -0.05) is 18.2 Å². The minimum absolute atomic E-state index is 0.239. The topological polar surface area (TPSA) is 72.6 Å². The number of hydrogen-bond donors (Lipinski definition) is 2. The van der Waals surface area contributed by atoms with Crippen LogP contribution in [-0.2, 0) is 0 Å². The van der Waals surface area contributed by atoms with Gasteiger partial charge < -0.3 is 24.5 Å². The molecule has 0 bridgehead atoms. The molecule has 0 saturated heterocycles. The lowest BCUT2D eigenvalue weighted by atomic mass is 10.2. The number of methoxy groups -OCH3 is 3. The smallest absolute Gasteiger partial charge is 0.272 e. The van der Waals surface area contributed by atoms with Crippen LogP contribution in [0.5, 0.6) is 17.2 Å². The van der Waals surface area contributed by atoms with Crippen molar-refractivity contribution in [1.82, 2.24) is 4.98 Å². The van der Waals surface area contributed by atoms with Crippen LogP contribution >= 0.6 is 0 Å². The van der Waals surface area contributed by atoms with Gasteiger partial charge in [0.05, 0.1) is 26.8 Å². The molecule has 3 rings (SSSR count). The maximum Gasteiger partial charge on any atom is 0.272 e. The maximum atomic E-state index is 12.4. The van der Waals surface area contributed by atoms with Crippen molar-refractivity contribution in [2.24, 2.45) is 0 Å². The Bertz CT molecular complexity index is 872. The predicted octanol–water partition coefficient (Wildman–Crippen LogP) is 3.45. The van der Waals surface area contributed by atoms with Gasteiger partial charge in [0.15, 0.2) is 11.5 Å². The second kappa shape index (κ2) is 6.54. The molecule has 0 saturated carbocycles. The summed E-state index contributed by atoms with van der Waals surface area (Å²) in [5.41, 5.74) is 1.82. The van der Waals surface area contributed by atoms with Crippen LogP contribution in [0, 0.1) is 0 Å². The number of benzene rings is 2. The van der Waals surface area contributed by atoms with E-state index in [9.17, 15) is 4.79 Å². The molecule has 6 heteroatoms. The number of anilines is 1. The maximum absolute atomic E-state index is 12.4. The Morgan fingerprint density at radius 3 is 2.29 bits per heavy atom. The molecule has 2 N–H and O–H groups in total. The molecule has 1 heterocycles. The molecule has 0 radical (unpaired) electrons. The van der Waals surface area contributed by atoms with Crippen LogP contribution in [-0.4, -0.2) is 32.2 Å². The lowest BCUT2D eigenvalue weighted by Crippen LogP contribution is -2.11. The van der Waals surface area contributed by atoms with E-state index in [-0.39, 0.29) is 5.91 Å². The number of amides is 1. The average Bonchev–Trinajstić information content (AvgIpc) is 3.04. The summed E-state index contributed by atoms with van der Waals surface area (Å²) in [6.45, 7) is 0. The summed E-state index contributed by atoms with van der Waals surface area (Å²) in [5, 5.41) is 3.63. The Balaban J connectivity index is 2.03. The van der Waals surface area contributed by atoms with Crippen LogP contribution in [0.15, 0.2) is 42.5 Å². The van der Waals surface area contributed by atoms with Crippen LogP contribution in [0.25, 0.3) is 10.9 Å². The average molecular weight is 326 g/mol. The lowest BCUT2D eigenvalue weighted by Gasteiger charge is -2.12. The van der Waals surface area contributed by atoms with E-state index in [1.165, 1.54) is 7.11 Å². The monoisotopic (exact) mass is 326 g/mol. The highest BCUT2D eigenvalue weighted by Crippen LogP contribution is 2.43. The molecule has 3 aromatic rings. The number of H-pyrrole nitrogens is 1. The summed E-state index contributed by atoms with van der Waals surface area (Å²) >= 11 is 0. The van der Waals surface area contributed by atoms with Gasteiger partial charge in [0, 0.05) is 11.1 Å². The molecule has 2 aromatic carbocycles. The van der Waals surface area contributed by atoms with E-state index in [0.717, 1.165) is 11.1 Å². The Morgan fingerprint density at radius 2 is 1.67 bits per heavy atom. The summed E-state index contributed by atoms with van der Waals surface area (Å²) in [6.07, 6.45) is 0. The first kappa shape index (κ1) is 15.7. The molecular formula is C18H18N2O4. The van der Waals surface area contributed by atoms with Crippen molar-refractivity contribution >= 4 is 22.5 Å². The van der Waals surface area contributed by atoms with E-state index in [1.807, 2.05) is 30.3 Å². The van der Waals surface area contributed by atoms with Crippen molar-refractivity contribution in [3.05, 3.63) is 48.2 Å². The second-order valence-electron chi connectivity index (χ2n) is 5.11. The zero-order chi connectivity index (χ0) is 17.1. The number of fused-ring (bicyclic) bond motifs is 1. The van der Waals surface area contributed by atoms with Crippen LogP contribution in [0.4, 0.5) is 5.69 Å². The number of para-hydroxylation sites is 1. The molecule has 0 fully saturated rings. The quantitative estimate of drug-likeness (QED) is 0.753. The molecule has 0 aliphatic rings. The second-order valence-corrected chi connectivity index (χ2v) is 5.11. The minimum atomic E-state index is -0.239. The number of rotatable bonds is 5. The van der Waals surface area contributed by atoms with Crippen LogP contribution in [0.2, 0.25) is 0 Å². The molecule has 1 amide bonds. The van der Waals surface area contributed by atoms with Crippen LogP contribution in [0.1, 0.15) is 10.5 Å². The normalized spacial score (nSPS) is 10.5. The number of nitrogens with one attached hydrogen (secondary N) is 2. The molecule has 0 spiro atoms. The molecule has 0 atom stereocenters. The fourth-order valence-corrected chi connectivity index (χ4v) is 2.59. The van der Waals surface area contributed by atoms with Gasteiger partial charge in [-0.25, -0.2) is 0 Å². The van der Waals surface area contributed by atoms with Crippen molar-refractivity contribution in [3.8, 4) is 17.2 Å². The highest BCUT2D eigenvalue weighted by molar-refractivity contribution is 6.07. The molecule has 0 aliphatic heterocycles. The first-order valence-electron chi connectivity index (χ1n) is 7.36. The Hall–Kier alpha value is -3.15. The molecule has 24 heavy (non-hydrogen) atoms. The summed E-state index contributed by atoms with van der Waals surface area (Å²) in [5.74, 6) is 1.27. The van der Waals surface area contributed by atoms with Gasteiger partial charge in [-0.15, -0.1) is 0 Å². The van der Waals surface area contributed by atoms with Gasteiger partial charge in [0.1, 0.15) is 5.69 Å². The van der Waals surface area contributed by atoms with E-state index < -0.39 is 0 Å². The van der Waals surface area contributed by atoms with E-state index in [0.29, 0.717) is 28.5 Å². The van der Waals surface area contributed by atoms with E-state index in [4.69, 9.17) is 14.2 Å². The minimum Gasteiger partial charge on any atom is -0.493 e. The van der Waals surface area contributed by atoms with Crippen molar-refractivity contribution in [3.63, 3.8) is 0 Å². The van der Waals surface area contributed by atoms with Gasteiger partial charge in [-0.3, -0.25) is 4.79 Å². The fraction of sp³-hybridized carbons (Fsp3) is 0.167. The van der Waals surface area contributed by atoms with Crippen molar-refractivity contribution in [1.29, 1.82) is 0 Å². The summed E-state index contributed by atoms with van der Waals surface area (Å²) < 4.78 is 16.1. The first-order valence-corrected chi connectivity index (χ1v) is 7.36. The SMILES string of the molecule is COc1cc2cc(C(=O)Nc3ccccc3)[nH]c2c(OC)c1OC. The van der Waals surface area contributed by atoms with Crippen LogP contribution in [0.3, 0.4) is 0 Å². The Labute approximate surface area is 139 Å². The Kier molecular flexibility index (Phi) is 4.29. The number of hydrogen-bond acceptors (Lipinski definition) is 4. The summed E-state index contributed by atoms with van der Waals surface area (Å²) in [6, 6.07) is 12.8. The van der Waals surface area contributed by atoms with Gasteiger partial charge in [0.2, 0.25) is 5.75 Å². The number of carbonyl (C=O) groups excluding carboxylic acids is 1. The Morgan fingerprint density at radius 1 is 0.958 bits per heavy atom. The van der Waals surface area contributed by atoms with Gasteiger partial charge in [0.25, 0.3) is 5.91 Å². The largest absolute Gasteiger partial charge is 0.493 e. The zero-order valence-corrected chi connectivity index (χ0v) is 13.7. The zero-order valence-electron chi connectivity index (χ0n) is 13.7. The third kappa shape index (κ3) is 2.74. The molecule has 0 aliphatic carbocycles. The van der Waals surface area contributed by atoms with Gasteiger partial charge in [-0.05, 0) is 24.3 Å². The van der Waals surface area contributed by atoms with Crippen LogP contribution < -0.4 is 19.5 Å². The number of carbonyl (C=O) groups is 1. The van der Waals surface area contributed by atoms with Gasteiger partial charge >= 0.3 is 0 Å². The lowest BCUT2D eigenvalue weighted by molar-refractivity contribution is 0.102. The van der Waals surface area contributed by atoms with E-state index >= 15 is 0 Å². The van der Waals surface area contributed by atoms with E-state index in [1.54, 1.807) is 26.4 Å². The highest BCUT2D eigenvalue weighted by atomic mass is 16.5. The summed E-state index contributed by atoms with van der Waals surface area (Å²) in [7, 11) is 4.64. The van der Waals surface area contributed by atoms with Crippen molar-refractivity contribution < 1.29 is 19.0 Å². The molecule has 124 valence electrons. The standard InChI is InChI=1S/C18H18N2O4/c1-22-14-10-11-9-13(18(21)19-12-7-5-4-6-8-12)20-15(11)17(24-3)16(14)23-2/h4-10,20H,1-3H3,(H,19,21). The van der Waals surface area contributed by atoms with Crippen molar-refractivity contribution in [2.45, 2.75) is 0 Å². The number of aromatic amines is 1. The van der Waals surface area contributed by atoms with E-state index in [2.05, 4.69) is 10.3 Å². The number of ether oxygens (including phenoxy) is 3. The fourth-order valence-electron chi connectivity index (χ4n) is 2.59. The van der Waals surface area contributed by atoms with Crippen molar-refractivity contribution in [2.75, 3.05) is 26.6 Å².